The molecule has 0 bridgehead atoms. The minimum atomic E-state index is 0.166. The topological polar surface area (TPSA) is 21.3 Å². The lowest BCUT2D eigenvalue weighted by atomic mass is 9.68. The Morgan fingerprint density at radius 1 is 1.19 bits per heavy atom. The van der Waals surface area contributed by atoms with Crippen molar-refractivity contribution in [3.05, 3.63) is 0 Å². The second kappa shape index (κ2) is 4.30. The average Bonchev–Trinajstić information content (AvgIpc) is 2.16. The van der Waals surface area contributed by atoms with Crippen molar-refractivity contribution < 1.29 is 4.74 Å². The predicted molar refractivity (Wildman–Crippen MR) is 67.6 cm³/mol. The van der Waals surface area contributed by atoms with E-state index in [2.05, 4.69) is 33.0 Å². The van der Waals surface area contributed by atoms with E-state index in [9.17, 15) is 0 Å². The van der Waals surface area contributed by atoms with Gasteiger partial charge in [-0.1, -0.05) is 20.8 Å². The summed E-state index contributed by atoms with van der Waals surface area (Å²) in [5, 5.41) is 3.52. The van der Waals surface area contributed by atoms with Crippen molar-refractivity contribution in [3.63, 3.8) is 0 Å². The van der Waals surface area contributed by atoms with Crippen molar-refractivity contribution in [3.8, 4) is 0 Å². The van der Waals surface area contributed by atoms with E-state index in [4.69, 9.17) is 4.74 Å². The normalized spacial score (nSPS) is 41.2. The summed E-state index contributed by atoms with van der Waals surface area (Å²) in [5.41, 5.74) is 0.634. The van der Waals surface area contributed by atoms with E-state index in [1.54, 1.807) is 0 Å². The van der Waals surface area contributed by atoms with Crippen molar-refractivity contribution in [2.75, 3.05) is 13.1 Å². The van der Waals surface area contributed by atoms with Gasteiger partial charge in [-0.2, -0.15) is 0 Å². The van der Waals surface area contributed by atoms with Crippen LogP contribution in [0.25, 0.3) is 0 Å². The highest BCUT2D eigenvalue weighted by Gasteiger charge is 2.41. The summed E-state index contributed by atoms with van der Waals surface area (Å²) in [7, 11) is 0. The minimum absolute atomic E-state index is 0.166. The summed E-state index contributed by atoms with van der Waals surface area (Å²) in [4.78, 5) is 0. The molecule has 1 unspecified atom stereocenters. The molecule has 2 aliphatic rings. The third kappa shape index (κ3) is 2.60. The lowest BCUT2D eigenvalue weighted by Gasteiger charge is -2.47. The van der Waals surface area contributed by atoms with Crippen molar-refractivity contribution in [1.82, 2.24) is 5.32 Å². The van der Waals surface area contributed by atoms with E-state index in [0.717, 1.165) is 19.0 Å². The average molecular weight is 225 g/mol. The molecule has 1 atom stereocenters. The van der Waals surface area contributed by atoms with Gasteiger partial charge in [0, 0.05) is 13.1 Å². The molecule has 2 nitrogen and oxygen atoms in total. The van der Waals surface area contributed by atoms with Gasteiger partial charge in [0.25, 0.3) is 0 Å². The highest BCUT2D eigenvalue weighted by atomic mass is 16.5. The van der Waals surface area contributed by atoms with Crippen LogP contribution in [-0.4, -0.2) is 24.8 Å². The van der Waals surface area contributed by atoms with Crippen LogP contribution in [0.5, 0.6) is 0 Å². The molecule has 0 aromatic heterocycles. The lowest BCUT2D eigenvalue weighted by Crippen LogP contribution is -2.55. The van der Waals surface area contributed by atoms with Gasteiger partial charge in [0.2, 0.25) is 0 Å². The Morgan fingerprint density at radius 2 is 1.81 bits per heavy atom. The fourth-order valence-corrected chi connectivity index (χ4v) is 3.32. The third-order valence-corrected chi connectivity index (χ3v) is 4.45. The Bertz CT molecular complexity index is 236. The fraction of sp³-hybridized carbons (Fsp3) is 1.00. The Hall–Kier alpha value is -0.0800. The Balaban J connectivity index is 1.93. The van der Waals surface area contributed by atoms with Crippen molar-refractivity contribution in [1.29, 1.82) is 0 Å². The van der Waals surface area contributed by atoms with Gasteiger partial charge in [0.05, 0.1) is 11.7 Å². The second-order valence-electron chi connectivity index (χ2n) is 6.88. The fourth-order valence-electron chi connectivity index (χ4n) is 3.32. The maximum absolute atomic E-state index is 6.21. The summed E-state index contributed by atoms with van der Waals surface area (Å²) < 4.78 is 6.21. The highest BCUT2D eigenvalue weighted by Crippen LogP contribution is 2.43. The largest absolute Gasteiger partial charge is 0.369 e. The first-order valence-corrected chi connectivity index (χ1v) is 6.80. The molecule has 0 amide bonds. The molecule has 94 valence electrons. The lowest BCUT2D eigenvalue weighted by molar-refractivity contribution is -0.137. The SMILES string of the molecule is CC1CNCC2(CCC(C(C)(C)C)CC2)O1. The number of rotatable bonds is 0. The summed E-state index contributed by atoms with van der Waals surface area (Å²) in [5.74, 6) is 0.874. The third-order valence-electron chi connectivity index (χ3n) is 4.45. The van der Waals surface area contributed by atoms with E-state index < -0.39 is 0 Å². The summed E-state index contributed by atoms with van der Waals surface area (Å²) >= 11 is 0. The zero-order valence-electron chi connectivity index (χ0n) is 11.3. The summed E-state index contributed by atoms with van der Waals surface area (Å²) in [6.07, 6.45) is 5.54. The molecule has 2 rings (SSSR count). The molecule has 16 heavy (non-hydrogen) atoms. The van der Waals surface area contributed by atoms with Crippen LogP contribution in [-0.2, 0) is 4.74 Å². The van der Waals surface area contributed by atoms with Crippen LogP contribution in [0, 0.1) is 11.3 Å². The number of hydrogen-bond acceptors (Lipinski definition) is 2. The molecule has 1 aliphatic carbocycles. The zero-order chi connectivity index (χ0) is 11.8. The Labute approximate surface area is 100 Å². The predicted octanol–water partition coefficient (Wildman–Crippen LogP) is 2.97. The van der Waals surface area contributed by atoms with E-state index in [1.165, 1.54) is 25.7 Å². The van der Waals surface area contributed by atoms with Crippen LogP contribution in [0.15, 0.2) is 0 Å². The summed E-state index contributed by atoms with van der Waals surface area (Å²) in [6.45, 7) is 11.4. The molecule has 1 heterocycles. The molecule has 2 fully saturated rings. The molecule has 2 heteroatoms. The van der Waals surface area contributed by atoms with Crippen LogP contribution >= 0.6 is 0 Å². The zero-order valence-corrected chi connectivity index (χ0v) is 11.3. The standard InChI is InChI=1S/C14H27NO/c1-11-9-15-10-14(16-11)7-5-12(6-8-14)13(2,3)4/h11-12,15H,5-10H2,1-4H3. The van der Waals surface area contributed by atoms with Gasteiger partial charge in [-0.05, 0) is 43.9 Å². The molecule has 1 saturated heterocycles. The summed E-state index contributed by atoms with van der Waals surface area (Å²) in [6, 6.07) is 0. The molecular formula is C14H27NO. The maximum Gasteiger partial charge on any atom is 0.0810 e. The van der Waals surface area contributed by atoms with Gasteiger partial charge in [-0.15, -0.1) is 0 Å². The Kier molecular flexibility index (Phi) is 3.33. The first-order valence-electron chi connectivity index (χ1n) is 6.80. The van der Waals surface area contributed by atoms with Crippen molar-refractivity contribution in [2.45, 2.75) is 65.1 Å². The van der Waals surface area contributed by atoms with Gasteiger partial charge in [-0.3, -0.25) is 0 Å². The van der Waals surface area contributed by atoms with Crippen LogP contribution in [0.1, 0.15) is 53.4 Å². The van der Waals surface area contributed by atoms with Crippen LogP contribution < -0.4 is 5.32 Å². The first kappa shape index (κ1) is 12.4. The Morgan fingerprint density at radius 3 is 2.31 bits per heavy atom. The molecule has 0 aromatic rings. The number of morpholine rings is 1. The van der Waals surface area contributed by atoms with E-state index >= 15 is 0 Å². The van der Waals surface area contributed by atoms with Crippen LogP contribution in [0.3, 0.4) is 0 Å². The van der Waals surface area contributed by atoms with E-state index in [-0.39, 0.29) is 5.60 Å². The number of hydrogen-bond donors (Lipinski definition) is 1. The van der Waals surface area contributed by atoms with E-state index in [1.807, 2.05) is 0 Å². The minimum Gasteiger partial charge on any atom is -0.369 e. The molecule has 1 N–H and O–H groups in total. The second-order valence-corrected chi connectivity index (χ2v) is 6.88. The molecular weight excluding hydrogens is 198 g/mol. The van der Waals surface area contributed by atoms with Crippen molar-refractivity contribution in [2.24, 2.45) is 11.3 Å². The van der Waals surface area contributed by atoms with Gasteiger partial charge < -0.3 is 10.1 Å². The maximum atomic E-state index is 6.21. The quantitative estimate of drug-likeness (QED) is 0.684. The molecule has 1 saturated carbocycles. The smallest absolute Gasteiger partial charge is 0.0810 e. The van der Waals surface area contributed by atoms with Crippen LogP contribution in [0.2, 0.25) is 0 Å². The van der Waals surface area contributed by atoms with E-state index in [0.29, 0.717) is 11.5 Å². The van der Waals surface area contributed by atoms with Crippen molar-refractivity contribution >= 4 is 0 Å². The van der Waals surface area contributed by atoms with Gasteiger partial charge >= 0.3 is 0 Å². The molecule has 1 spiro atoms. The van der Waals surface area contributed by atoms with Gasteiger partial charge in [-0.25, -0.2) is 0 Å². The number of nitrogens with one attached hydrogen (secondary N) is 1. The molecule has 1 aliphatic heterocycles. The first-order chi connectivity index (χ1) is 7.41. The number of ether oxygens (including phenoxy) is 1. The monoisotopic (exact) mass is 225 g/mol. The molecule has 0 radical (unpaired) electrons. The molecule has 0 aromatic carbocycles. The van der Waals surface area contributed by atoms with Crippen LogP contribution in [0.4, 0.5) is 0 Å². The van der Waals surface area contributed by atoms with Gasteiger partial charge in [0.1, 0.15) is 0 Å². The van der Waals surface area contributed by atoms with Gasteiger partial charge in [0.15, 0.2) is 0 Å². The highest BCUT2D eigenvalue weighted by molar-refractivity contribution is 4.94.